The van der Waals surface area contributed by atoms with Crippen LogP contribution >= 0.6 is 0 Å². The summed E-state index contributed by atoms with van der Waals surface area (Å²) in [5, 5.41) is 13.2. The highest BCUT2D eigenvalue weighted by Crippen LogP contribution is 2.15. The normalized spacial score (nSPS) is 30.3. The molecule has 1 aliphatic heterocycles. The van der Waals surface area contributed by atoms with E-state index >= 15 is 0 Å². The molecular weight excluding hydrogens is 254 g/mol. The van der Waals surface area contributed by atoms with E-state index in [4.69, 9.17) is 4.74 Å². The first kappa shape index (κ1) is 16.9. The van der Waals surface area contributed by atoms with Crippen LogP contribution in [0.15, 0.2) is 23.8 Å². The molecule has 114 valence electrons. The SMILES string of the molecule is CO[C@H]1C=CCCCCC(=O)NCC(C)=CC(C)[C@@H]1O. The van der Waals surface area contributed by atoms with Crippen LogP contribution in [-0.2, 0) is 9.53 Å². The number of hydrogen-bond acceptors (Lipinski definition) is 3. The van der Waals surface area contributed by atoms with Gasteiger partial charge < -0.3 is 15.2 Å². The Morgan fingerprint density at radius 3 is 2.85 bits per heavy atom. The number of hydrogen-bond donors (Lipinski definition) is 2. The lowest BCUT2D eigenvalue weighted by molar-refractivity contribution is -0.121. The van der Waals surface area contributed by atoms with Gasteiger partial charge in [-0.05, 0) is 26.2 Å². The molecule has 4 nitrogen and oxygen atoms in total. The lowest BCUT2D eigenvalue weighted by Crippen LogP contribution is -2.32. The van der Waals surface area contributed by atoms with Gasteiger partial charge in [0.15, 0.2) is 0 Å². The molecule has 0 saturated heterocycles. The molecule has 1 unspecified atom stereocenters. The van der Waals surface area contributed by atoms with Crippen LogP contribution in [0.25, 0.3) is 0 Å². The predicted octanol–water partition coefficient (Wildman–Crippen LogP) is 2.19. The van der Waals surface area contributed by atoms with Crippen LogP contribution in [0.2, 0.25) is 0 Å². The number of ether oxygens (including phenoxy) is 1. The van der Waals surface area contributed by atoms with Crippen LogP contribution in [0.3, 0.4) is 0 Å². The van der Waals surface area contributed by atoms with E-state index in [1.165, 1.54) is 0 Å². The predicted molar refractivity (Wildman–Crippen MR) is 80.3 cm³/mol. The molecule has 0 spiro atoms. The number of nitrogens with one attached hydrogen (secondary N) is 1. The van der Waals surface area contributed by atoms with Crippen molar-refractivity contribution in [2.45, 2.75) is 51.7 Å². The van der Waals surface area contributed by atoms with Crippen LogP contribution in [-0.4, -0.2) is 36.9 Å². The fourth-order valence-corrected chi connectivity index (χ4v) is 2.34. The van der Waals surface area contributed by atoms with Gasteiger partial charge in [0.1, 0.15) is 6.10 Å². The Bertz CT molecular complexity index is 363. The quantitative estimate of drug-likeness (QED) is 0.724. The molecule has 1 aliphatic rings. The van der Waals surface area contributed by atoms with Gasteiger partial charge in [-0.25, -0.2) is 0 Å². The zero-order valence-electron chi connectivity index (χ0n) is 12.8. The molecule has 0 aromatic heterocycles. The molecule has 0 aromatic carbocycles. The van der Waals surface area contributed by atoms with Crippen molar-refractivity contribution in [3.8, 4) is 0 Å². The minimum Gasteiger partial charge on any atom is -0.389 e. The number of amides is 1. The summed E-state index contributed by atoms with van der Waals surface area (Å²) >= 11 is 0. The second kappa shape index (κ2) is 8.93. The van der Waals surface area contributed by atoms with Crippen LogP contribution in [0.4, 0.5) is 0 Å². The third-order valence-corrected chi connectivity index (χ3v) is 3.61. The van der Waals surface area contributed by atoms with Gasteiger partial charge >= 0.3 is 0 Å². The fraction of sp³-hybridized carbons (Fsp3) is 0.688. The lowest BCUT2D eigenvalue weighted by Gasteiger charge is -2.23. The van der Waals surface area contributed by atoms with E-state index in [0.29, 0.717) is 13.0 Å². The number of allylic oxidation sites excluding steroid dienone is 1. The van der Waals surface area contributed by atoms with Crippen molar-refractivity contribution in [3.63, 3.8) is 0 Å². The Balaban J connectivity index is 2.78. The minimum absolute atomic E-state index is 0.0237. The van der Waals surface area contributed by atoms with Crippen molar-refractivity contribution in [2.24, 2.45) is 5.92 Å². The molecular formula is C16H27NO3. The summed E-state index contributed by atoms with van der Waals surface area (Å²) in [7, 11) is 1.62. The molecule has 2 N–H and O–H groups in total. The van der Waals surface area contributed by atoms with Gasteiger partial charge in [-0.3, -0.25) is 4.79 Å². The van der Waals surface area contributed by atoms with E-state index in [9.17, 15) is 9.90 Å². The summed E-state index contributed by atoms with van der Waals surface area (Å²) in [5.74, 6) is 0.0752. The maximum atomic E-state index is 11.6. The lowest BCUT2D eigenvalue weighted by atomic mass is 9.96. The largest absolute Gasteiger partial charge is 0.389 e. The number of carbonyl (C=O) groups excluding carboxylic acids is 1. The third kappa shape index (κ3) is 5.88. The van der Waals surface area contributed by atoms with Crippen molar-refractivity contribution < 1.29 is 14.6 Å². The maximum absolute atomic E-state index is 11.6. The topological polar surface area (TPSA) is 58.6 Å². The number of aliphatic hydroxyl groups is 1. The van der Waals surface area contributed by atoms with Crippen molar-refractivity contribution >= 4 is 5.91 Å². The summed E-state index contributed by atoms with van der Waals surface area (Å²) in [5.41, 5.74) is 1.06. The average Bonchev–Trinajstić information content (AvgIpc) is 2.43. The molecule has 0 saturated carbocycles. The molecule has 3 atom stereocenters. The van der Waals surface area contributed by atoms with Gasteiger partial charge in [0.25, 0.3) is 0 Å². The zero-order valence-corrected chi connectivity index (χ0v) is 12.8. The van der Waals surface area contributed by atoms with E-state index in [1.54, 1.807) is 7.11 Å². The van der Waals surface area contributed by atoms with Crippen molar-refractivity contribution in [2.75, 3.05) is 13.7 Å². The highest BCUT2D eigenvalue weighted by atomic mass is 16.5. The highest BCUT2D eigenvalue weighted by molar-refractivity contribution is 5.76. The van der Waals surface area contributed by atoms with E-state index in [2.05, 4.69) is 5.32 Å². The molecule has 1 amide bonds. The van der Waals surface area contributed by atoms with Gasteiger partial charge in [-0.15, -0.1) is 0 Å². The van der Waals surface area contributed by atoms with E-state index in [-0.39, 0.29) is 17.9 Å². The van der Waals surface area contributed by atoms with Gasteiger partial charge in [-0.2, -0.15) is 0 Å². The zero-order chi connectivity index (χ0) is 15.0. The number of rotatable bonds is 1. The number of methoxy groups -OCH3 is 1. The number of carbonyl (C=O) groups is 1. The first-order valence-electron chi connectivity index (χ1n) is 7.36. The van der Waals surface area contributed by atoms with Crippen LogP contribution < -0.4 is 5.32 Å². The maximum Gasteiger partial charge on any atom is 0.220 e. The Labute approximate surface area is 121 Å². The molecule has 0 aromatic rings. The summed E-state index contributed by atoms with van der Waals surface area (Å²) in [6.45, 7) is 4.47. The van der Waals surface area contributed by atoms with Gasteiger partial charge in [0.05, 0.1) is 6.10 Å². The highest BCUT2D eigenvalue weighted by Gasteiger charge is 2.21. The van der Waals surface area contributed by atoms with Crippen molar-refractivity contribution in [1.29, 1.82) is 0 Å². The van der Waals surface area contributed by atoms with Crippen LogP contribution in [0, 0.1) is 5.92 Å². The minimum atomic E-state index is -0.579. The van der Waals surface area contributed by atoms with Gasteiger partial charge in [0.2, 0.25) is 5.91 Å². The second-order valence-corrected chi connectivity index (χ2v) is 5.51. The Kier molecular flexibility index (Phi) is 7.55. The molecule has 0 fully saturated rings. The van der Waals surface area contributed by atoms with E-state index in [1.807, 2.05) is 32.1 Å². The summed E-state index contributed by atoms with van der Waals surface area (Å²) < 4.78 is 5.35. The Morgan fingerprint density at radius 1 is 1.40 bits per heavy atom. The number of aliphatic hydroxyl groups excluding tert-OH is 1. The van der Waals surface area contributed by atoms with E-state index < -0.39 is 6.10 Å². The molecule has 0 radical (unpaired) electrons. The average molecular weight is 281 g/mol. The first-order valence-corrected chi connectivity index (χ1v) is 7.36. The van der Waals surface area contributed by atoms with Gasteiger partial charge in [0, 0.05) is 26.0 Å². The summed E-state index contributed by atoms with van der Waals surface area (Å²) in [6.07, 6.45) is 8.43. The van der Waals surface area contributed by atoms with Crippen molar-refractivity contribution in [1.82, 2.24) is 5.32 Å². The summed E-state index contributed by atoms with van der Waals surface area (Å²) in [6, 6.07) is 0. The molecule has 0 aliphatic carbocycles. The molecule has 4 heteroatoms. The Morgan fingerprint density at radius 2 is 2.15 bits per heavy atom. The molecule has 20 heavy (non-hydrogen) atoms. The fourth-order valence-electron chi connectivity index (χ4n) is 2.34. The molecule has 1 heterocycles. The molecule has 1 rings (SSSR count). The van der Waals surface area contributed by atoms with Gasteiger partial charge in [-0.1, -0.05) is 30.7 Å². The smallest absolute Gasteiger partial charge is 0.220 e. The first-order chi connectivity index (χ1) is 9.54. The van der Waals surface area contributed by atoms with Crippen LogP contribution in [0.5, 0.6) is 0 Å². The molecule has 0 bridgehead atoms. The summed E-state index contributed by atoms with van der Waals surface area (Å²) in [4.78, 5) is 11.6. The van der Waals surface area contributed by atoms with E-state index in [0.717, 1.165) is 24.8 Å². The van der Waals surface area contributed by atoms with Crippen LogP contribution in [0.1, 0.15) is 39.5 Å². The monoisotopic (exact) mass is 281 g/mol. The third-order valence-electron chi connectivity index (χ3n) is 3.61. The van der Waals surface area contributed by atoms with Crippen molar-refractivity contribution in [3.05, 3.63) is 23.8 Å². The standard InChI is InChI=1S/C16H27NO3/c1-12-10-13(2)16(19)14(20-3)8-6-4-5-7-9-15(18)17-11-12/h6,8,10,13-14,16,19H,4-5,7,9,11H2,1-3H3,(H,17,18)/t13?,14-,16-/m0/s1. The second-order valence-electron chi connectivity index (χ2n) is 5.51. The Hall–Kier alpha value is -1.13.